The third-order valence-corrected chi connectivity index (χ3v) is 4.02. The molecule has 0 spiro atoms. The summed E-state index contributed by atoms with van der Waals surface area (Å²) in [5.41, 5.74) is 0.737. The number of nitrogens with one attached hydrogen (secondary N) is 2. The lowest BCUT2D eigenvalue weighted by Gasteiger charge is -2.08. The molecule has 0 aromatic carbocycles. The van der Waals surface area contributed by atoms with Crippen LogP contribution in [0.15, 0.2) is 16.2 Å². The van der Waals surface area contributed by atoms with Gasteiger partial charge >= 0.3 is 0 Å². The highest BCUT2D eigenvalue weighted by Gasteiger charge is 2.14. The molecule has 2 aromatic rings. The first kappa shape index (κ1) is 11.8. The molecule has 1 aliphatic rings. The van der Waals surface area contributed by atoms with Gasteiger partial charge in [-0.15, -0.1) is 11.3 Å². The molecule has 5 nitrogen and oxygen atoms in total. The van der Waals surface area contributed by atoms with Crippen LogP contribution in [0.25, 0.3) is 10.2 Å². The molecule has 2 aromatic heterocycles. The van der Waals surface area contributed by atoms with E-state index in [0.29, 0.717) is 23.0 Å². The van der Waals surface area contributed by atoms with Gasteiger partial charge in [-0.25, -0.2) is 4.98 Å². The second-order valence-corrected chi connectivity index (χ2v) is 5.42. The Balaban J connectivity index is 1.65. The highest BCUT2D eigenvalue weighted by atomic mass is 32.1. The molecule has 0 bridgehead atoms. The number of aromatic amines is 1. The third-order valence-electron chi connectivity index (χ3n) is 3.11. The lowest BCUT2D eigenvalue weighted by Crippen LogP contribution is -2.25. The van der Waals surface area contributed by atoms with Crippen molar-refractivity contribution in [3.8, 4) is 0 Å². The molecule has 3 heterocycles. The van der Waals surface area contributed by atoms with Crippen molar-refractivity contribution in [2.24, 2.45) is 5.92 Å². The average Bonchev–Trinajstić information content (AvgIpc) is 2.99. The molecule has 3 rings (SSSR count). The van der Waals surface area contributed by atoms with Crippen LogP contribution in [0.5, 0.6) is 0 Å². The van der Waals surface area contributed by atoms with Crippen molar-refractivity contribution in [3.63, 3.8) is 0 Å². The molecule has 1 fully saturated rings. The number of ether oxygens (including phenoxy) is 1. The van der Waals surface area contributed by atoms with Crippen LogP contribution in [0.3, 0.4) is 0 Å². The van der Waals surface area contributed by atoms with E-state index in [1.165, 1.54) is 11.3 Å². The Labute approximate surface area is 108 Å². The highest BCUT2D eigenvalue weighted by Crippen LogP contribution is 2.14. The minimum absolute atomic E-state index is 0.0454. The maximum atomic E-state index is 11.7. The SMILES string of the molecule is O=c1[nH]c(CNCC2CCOC2)nc2ccsc12. The predicted molar refractivity (Wildman–Crippen MR) is 70.9 cm³/mol. The molecule has 1 saturated heterocycles. The van der Waals surface area contributed by atoms with Crippen molar-refractivity contribution in [3.05, 3.63) is 27.6 Å². The Morgan fingerprint density at radius 1 is 1.61 bits per heavy atom. The quantitative estimate of drug-likeness (QED) is 0.869. The molecule has 6 heteroatoms. The second kappa shape index (κ2) is 5.17. The zero-order valence-electron chi connectivity index (χ0n) is 9.94. The van der Waals surface area contributed by atoms with Crippen molar-refractivity contribution in [2.75, 3.05) is 19.8 Å². The Kier molecular flexibility index (Phi) is 3.40. The largest absolute Gasteiger partial charge is 0.381 e. The number of rotatable bonds is 4. The second-order valence-electron chi connectivity index (χ2n) is 4.51. The van der Waals surface area contributed by atoms with Crippen LogP contribution >= 0.6 is 11.3 Å². The fourth-order valence-corrected chi connectivity index (χ4v) is 2.87. The van der Waals surface area contributed by atoms with Gasteiger partial charge < -0.3 is 15.0 Å². The van der Waals surface area contributed by atoms with Gasteiger partial charge in [0.05, 0.1) is 18.7 Å². The van der Waals surface area contributed by atoms with Crippen LogP contribution < -0.4 is 10.9 Å². The van der Waals surface area contributed by atoms with E-state index < -0.39 is 0 Å². The number of thiophene rings is 1. The first-order valence-electron chi connectivity index (χ1n) is 6.08. The Morgan fingerprint density at radius 2 is 2.56 bits per heavy atom. The molecule has 0 aliphatic carbocycles. The average molecular weight is 265 g/mol. The number of nitrogens with zero attached hydrogens (tertiary/aromatic N) is 1. The van der Waals surface area contributed by atoms with Gasteiger partial charge in [-0.2, -0.15) is 0 Å². The van der Waals surface area contributed by atoms with Crippen LogP contribution in [0.4, 0.5) is 0 Å². The summed E-state index contributed by atoms with van der Waals surface area (Å²) in [6.07, 6.45) is 1.11. The number of hydrogen-bond acceptors (Lipinski definition) is 5. The van der Waals surface area contributed by atoms with Crippen LogP contribution in [0, 0.1) is 5.92 Å². The van der Waals surface area contributed by atoms with Gasteiger partial charge in [0.2, 0.25) is 0 Å². The fourth-order valence-electron chi connectivity index (χ4n) is 2.14. The van der Waals surface area contributed by atoms with Crippen LogP contribution in [0.2, 0.25) is 0 Å². The number of hydrogen-bond donors (Lipinski definition) is 2. The number of fused-ring (bicyclic) bond motifs is 1. The lowest BCUT2D eigenvalue weighted by atomic mass is 10.1. The molecular formula is C12H15N3O2S. The Hall–Kier alpha value is -1.24. The van der Waals surface area contributed by atoms with E-state index in [4.69, 9.17) is 4.74 Å². The molecule has 0 saturated carbocycles. The lowest BCUT2D eigenvalue weighted by molar-refractivity contribution is 0.185. The zero-order chi connectivity index (χ0) is 12.4. The summed E-state index contributed by atoms with van der Waals surface area (Å²) in [7, 11) is 0. The van der Waals surface area contributed by atoms with Crippen molar-refractivity contribution in [2.45, 2.75) is 13.0 Å². The summed E-state index contributed by atoms with van der Waals surface area (Å²) in [6.45, 7) is 3.20. The van der Waals surface area contributed by atoms with E-state index in [1.54, 1.807) is 0 Å². The van der Waals surface area contributed by atoms with E-state index in [9.17, 15) is 4.79 Å². The van der Waals surface area contributed by atoms with E-state index in [-0.39, 0.29) is 5.56 Å². The van der Waals surface area contributed by atoms with Crippen molar-refractivity contribution in [1.82, 2.24) is 15.3 Å². The topological polar surface area (TPSA) is 67.0 Å². The minimum Gasteiger partial charge on any atom is -0.381 e. The van der Waals surface area contributed by atoms with Crippen molar-refractivity contribution in [1.29, 1.82) is 0 Å². The van der Waals surface area contributed by atoms with Gasteiger partial charge in [0.15, 0.2) is 0 Å². The van der Waals surface area contributed by atoms with Crippen LogP contribution in [-0.4, -0.2) is 29.7 Å². The summed E-state index contributed by atoms with van der Waals surface area (Å²) in [6, 6.07) is 1.88. The summed E-state index contributed by atoms with van der Waals surface area (Å²) >= 11 is 1.42. The Morgan fingerprint density at radius 3 is 3.39 bits per heavy atom. The predicted octanol–water partition coefficient (Wildman–Crippen LogP) is 1.11. The van der Waals surface area contributed by atoms with Gasteiger partial charge in [-0.05, 0) is 23.8 Å². The molecule has 18 heavy (non-hydrogen) atoms. The maximum Gasteiger partial charge on any atom is 0.268 e. The monoisotopic (exact) mass is 265 g/mol. The zero-order valence-corrected chi connectivity index (χ0v) is 10.8. The first-order chi connectivity index (χ1) is 8.83. The van der Waals surface area contributed by atoms with Crippen molar-refractivity contribution >= 4 is 21.6 Å². The number of H-pyrrole nitrogens is 1. The molecule has 1 aliphatic heterocycles. The van der Waals surface area contributed by atoms with E-state index in [1.807, 2.05) is 11.4 Å². The van der Waals surface area contributed by atoms with Gasteiger partial charge in [0, 0.05) is 13.2 Å². The molecular weight excluding hydrogens is 250 g/mol. The first-order valence-corrected chi connectivity index (χ1v) is 6.96. The van der Waals surface area contributed by atoms with Crippen LogP contribution in [0.1, 0.15) is 12.2 Å². The van der Waals surface area contributed by atoms with E-state index in [2.05, 4.69) is 15.3 Å². The summed E-state index contributed by atoms with van der Waals surface area (Å²) in [4.78, 5) is 19.0. The normalized spacial score (nSPS) is 19.7. The minimum atomic E-state index is -0.0454. The molecule has 0 radical (unpaired) electrons. The van der Waals surface area contributed by atoms with Crippen LogP contribution in [-0.2, 0) is 11.3 Å². The summed E-state index contributed by atoms with van der Waals surface area (Å²) < 4.78 is 6.01. The smallest absolute Gasteiger partial charge is 0.268 e. The van der Waals surface area contributed by atoms with Gasteiger partial charge in [0.25, 0.3) is 5.56 Å². The van der Waals surface area contributed by atoms with Gasteiger partial charge in [0.1, 0.15) is 10.5 Å². The van der Waals surface area contributed by atoms with Gasteiger partial charge in [-0.1, -0.05) is 0 Å². The standard InChI is InChI=1S/C12H15N3O2S/c16-12-11-9(2-4-18-11)14-10(15-12)6-13-5-8-1-3-17-7-8/h2,4,8,13H,1,3,5-7H2,(H,14,15,16). The highest BCUT2D eigenvalue weighted by molar-refractivity contribution is 7.17. The third kappa shape index (κ3) is 2.45. The summed E-state index contributed by atoms with van der Waals surface area (Å²) in [5, 5.41) is 5.21. The maximum absolute atomic E-state index is 11.7. The molecule has 96 valence electrons. The molecule has 0 amide bonds. The number of aromatic nitrogens is 2. The van der Waals surface area contributed by atoms with Gasteiger partial charge in [-0.3, -0.25) is 4.79 Å². The van der Waals surface area contributed by atoms with Crippen molar-refractivity contribution < 1.29 is 4.74 Å². The molecule has 1 atom stereocenters. The fraction of sp³-hybridized carbons (Fsp3) is 0.500. The molecule has 2 N–H and O–H groups in total. The molecule has 1 unspecified atom stereocenters. The van der Waals surface area contributed by atoms with E-state index in [0.717, 1.165) is 31.7 Å². The summed E-state index contributed by atoms with van der Waals surface area (Å²) in [5.74, 6) is 1.28. The Bertz CT molecular complexity index is 586. The van der Waals surface area contributed by atoms with E-state index >= 15 is 0 Å².